The lowest BCUT2D eigenvalue weighted by Crippen LogP contribution is -2.24. The number of carbonyl (C=O) groups is 1. The second-order valence-corrected chi connectivity index (χ2v) is 4.26. The van der Waals surface area contributed by atoms with Gasteiger partial charge in [-0.2, -0.15) is 0 Å². The molecule has 0 spiro atoms. The number of amides is 1. The van der Waals surface area contributed by atoms with Gasteiger partial charge in [-0.1, -0.05) is 24.8 Å². The van der Waals surface area contributed by atoms with Gasteiger partial charge >= 0.3 is 0 Å². The molecule has 3 nitrogen and oxygen atoms in total. The minimum absolute atomic E-state index is 0.0597. The van der Waals surface area contributed by atoms with Crippen LogP contribution >= 0.6 is 0 Å². The first-order valence-corrected chi connectivity index (χ1v) is 6.31. The first-order chi connectivity index (χ1) is 8.70. The molecule has 98 valence electrons. The summed E-state index contributed by atoms with van der Waals surface area (Å²) in [4.78, 5) is 11.2. The summed E-state index contributed by atoms with van der Waals surface area (Å²) in [6.07, 6.45) is 3.01. The SMILES string of the molecule is C=C(C)C(=O)NCCCCCOc1ccccc1. The molecule has 0 saturated carbocycles. The van der Waals surface area contributed by atoms with E-state index in [1.165, 1.54) is 0 Å². The topological polar surface area (TPSA) is 38.3 Å². The molecule has 1 aromatic carbocycles. The summed E-state index contributed by atoms with van der Waals surface area (Å²) in [7, 11) is 0. The van der Waals surface area contributed by atoms with Crippen LogP contribution in [0, 0.1) is 0 Å². The molecule has 0 aliphatic carbocycles. The van der Waals surface area contributed by atoms with Crippen LogP contribution in [-0.2, 0) is 4.79 Å². The van der Waals surface area contributed by atoms with Gasteiger partial charge in [-0.25, -0.2) is 0 Å². The molecule has 0 fully saturated rings. The minimum atomic E-state index is -0.0597. The highest BCUT2D eigenvalue weighted by molar-refractivity contribution is 5.91. The van der Waals surface area contributed by atoms with E-state index in [0.29, 0.717) is 12.1 Å². The molecule has 1 aromatic rings. The third-order valence-corrected chi connectivity index (χ3v) is 2.51. The second kappa shape index (κ2) is 8.34. The fourth-order valence-electron chi connectivity index (χ4n) is 1.46. The molecule has 1 rings (SSSR count). The van der Waals surface area contributed by atoms with Crippen LogP contribution in [0.4, 0.5) is 0 Å². The van der Waals surface area contributed by atoms with E-state index in [1.54, 1.807) is 6.92 Å². The summed E-state index contributed by atoms with van der Waals surface area (Å²) >= 11 is 0. The van der Waals surface area contributed by atoms with Crippen molar-refractivity contribution in [3.8, 4) is 5.75 Å². The van der Waals surface area contributed by atoms with Gasteiger partial charge in [0.2, 0.25) is 5.91 Å². The van der Waals surface area contributed by atoms with Gasteiger partial charge in [-0.3, -0.25) is 4.79 Å². The summed E-state index contributed by atoms with van der Waals surface area (Å²) in [6, 6.07) is 9.79. The summed E-state index contributed by atoms with van der Waals surface area (Å²) in [5.41, 5.74) is 0.558. The van der Waals surface area contributed by atoms with Gasteiger partial charge in [0.15, 0.2) is 0 Å². The zero-order valence-electron chi connectivity index (χ0n) is 10.9. The lowest BCUT2D eigenvalue weighted by molar-refractivity contribution is -0.117. The van der Waals surface area contributed by atoms with Gasteiger partial charge in [0.05, 0.1) is 6.61 Å². The molecule has 18 heavy (non-hydrogen) atoms. The molecule has 0 aliphatic rings. The van der Waals surface area contributed by atoms with Crippen molar-refractivity contribution in [3.05, 3.63) is 42.5 Å². The molecule has 0 atom stereocenters. The fraction of sp³-hybridized carbons (Fsp3) is 0.400. The highest BCUT2D eigenvalue weighted by Gasteiger charge is 1.99. The molecule has 0 radical (unpaired) electrons. The Morgan fingerprint density at radius 1 is 1.22 bits per heavy atom. The number of rotatable bonds is 8. The Morgan fingerprint density at radius 2 is 1.94 bits per heavy atom. The zero-order valence-corrected chi connectivity index (χ0v) is 10.9. The van der Waals surface area contributed by atoms with Gasteiger partial charge in [0, 0.05) is 12.1 Å². The van der Waals surface area contributed by atoms with E-state index in [4.69, 9.17) is 4.74 Å². The van der Waals surface area contributed by atoms with Crippen LogP contribution in [0.1, 0.15) is 26.2 Å². The molecule has 0 aromatic heterocycles. The molecular formula is C15H21NO2. The number of para-hydroxylation sites is 1. The monoisotopic (exact) mass is 247 g/mol. The predicted octanol–water partition coefficient (Wildman–Crippen LogP) is 2.93. The number of unbranched alkanes of at least 4 members (excludes halogenated alkanes) is 2. The predicted molar refractivity (Wildman–Crippen MR) is 73.6 cm³/mol. The highest BCUT2D eigenvalue weighted by atomic mass is 16.5. The Morgan fingerprint density at radius 3 is 2.61 bits per heavy atom. The van der Waals surface area contributed by atoms with E-state index in [-0.39, 0.29) is 5.91 Å². The summed E-state index contributed by atoms with van der Waals surface area (Å²) in [5, 5.41) is 2.81. The zero-order chi connectivity index (χ0) is 13.2. The molecule has 0 saturated heterocycles. The minimum Gasteiger partial charge on any atom is -0.494 e. The number of hydrogen-bond acceptors (Lipinski definition) is 2. The molecule has 1 N–H and O–H groups in total. The first kappa shape index (κ1) is 14.3. The van der Waals surface area contributed by atoms with Crippen LogP contribution in [0.15, 0.2) is 42.5 Å². The Kier molecular flexibility index (Phi) is 6.62. The van der Waals surface area contributed by atoms with Gasteiger partial charge in [0.25, 0.3) is 0 Å². The number of nitrogens with one attached hydrogen (secondary N) is 1. The Bertz CT molecular complexity index is 373. The van der Waals surface area contributed by atoms with E-state index in [1.807, 2.05) is 30.3 Å². The first-order valence-electron chi connectivity index (χ1n) is 6.31. The van der Waals surface area contributed by atoms with E-state index in [0.717, 1.165) is 31.6 Å². The van der Waals surface area contributed by atoms with Crippen molar-refractivity contribution in [2.24, 2.45) is 0 Å². The maximum absolute atomic E-state index is 11.2. The Balaban J connectivity index is 1.96. The molecule has 0 bridgehead atoms. The van der Waals surface area contributed by atoms with Crippen molar-refractivity contribution < 1.29 is 9.53 Å². The average Bonchev–Trinajstić information content (AvgIpc) is 2.38. The van der Waals surface area contributed by atoms with Crippen LogP contribution in [0.25, 0.3) is 0 Å². The lowest BCUT2D eigenvalue weighted by atomic mass is 10.2. The number of carbonyl (C=O) groups excluding carboxylic acids is 1. The normalized spacial score (nSPS) is 9.83. The van der Waals surface area contributed by atoms with Gasteiger partial charge in [0.1, 0.15) is 5.75 Å². The van der Waals surface area contributed by atoms with E-state index in [9.17, 15) is 4.79 Å². The number of hydrogen-bond donors (Lipinski definition) is 1. The Labute approximate surface area is 109 Å². The maximum Gasteiger partial charge on any atom is 0.246 e. The molecule has 0 unspecified atom stereocenters. The van der Waals surface area contributed by atoms with Crippen LogP contribution in [0.2, 0.25) is 0 Å². The van der Waals surface area contributed by atoms with Crippen molar-refractivity contribution in [1.29, 1.82) is 0 Å². The lowest BCUT2D eigenvalue weighted by Gasteiger charge is -2.06. The Hall–Kier alpha value is -1.77. The largest absolute Gasteiger partial charge is 0.494 e. The summed E-state index contributed by atoms with van der Waals surface area (Å²) < 4.78 is 5.57. The number of benzene rings is 1. The maximum atomic E-state index is 11.2. The molecule has 3 heteroatoms. The van der Waals surface area contributed by atoms with Crippen molar-refractivity contribution in [3.63, 3.8) is 0 Å². The second-order valence-electron chi connectivity index (χ2n) is 4.26. The van der Waals surface area contributed by atoms with E-state index in [2.05, 4.69) is 11.9 Å². The highest BCUT2D eigenvalue weighted by Crippen LogP contribution is 2.09. The van der Waals surface area contributed by atoms with Crippen molar-refractivity contribution in [1.82, 2.24) is 5.32 Å². The van der Waals surface area contributed by atoms with E-state index >= 15 is 0 Å². The third kappa shape index (κ3) is 6.09. The van der Waals surface area contributed by atoms with Crippen LogP contribution in [0.3, 0.4) is 0 Å². The number of ether oxygens (including phenoxy) is 1. The summed E-state index contributed by atoms with van der Waals surface area (Å²) in [5.74, 6) is 0.851. The van der Waals surface area contributed by atoms with Gasteiger partial charge < -0.3 is 10.1 Å². The van der Waals surface area contributed by atoms with Gasteiger partial charge in [-0.05, 0) is 38.3 Å². The molecule has 0 aliphatic heterocycles. The third-order valence-electron chi connectivity index (χ3n) is 2.51. The smallest absolute Gasteiger partial charge is 0.246 e. The van der Waals surface area contributed by atoms with Crippen molar-refractivity contribution >= 4 is 5.91 Å². The summed E-state index contributed by atoms with van der Waals surface area (Å²) in [6.45, 7) is 6.72. The van der Waals surface area contributed by atoms with Crippen LogP contribution < -0.4 is 10.1 Å². The fourth-order valence-corrected chi connectivity index (χ4v) is 1.46. The van der Waals surface area contributed by atoms with Crippen molar-refractivity contribution in [2.45, 2.75) is 26.2 Å². The average molecular weight is 247 g/mol. The quantitative estimate of drug-likeness (QED) is 0.566. The van der Waals surface area contributed by atoms with Crippen LogP contribution in [-0.4, -0.2) is 19.1 Å². The van der Waals surface area contributed by atoms with Crippen molar-refractivity contribution in [2.75, 3.05) is 13.2 Å². The molecule has 1 amide bonds. The molecule has 0 heterocycles. The van der Waals surface area contributed by atoms with Crippen LogP contribution in [0.5, 0.6) is 5.75 Å². The van der Waals surface area contributed by atoms with Gasteiger partial charge in [-0.15, -0.1) is 0 Å². The standard InChI is InChI=1S/C15H21NO2/c1-13(2)15(17)16-11-7-4-8-12-18-14-9-5-3-6-10-14/h3,5-6,9-10H,1,4,7-8,11-12H2,2H3,(H,16,17). The molecular weight excluding hydrogens is 226 g/mol. The van der Waals surface area contributed by atoms with E-state index < -0.39 is 0 Å².